The van der Waals surface area contributed by atoms with Crippen LogP contribution in [0.25, 0.3) is 0 Å². The Hall–Kier alpha value is -1.01. The van der Waals surface area contributed by atoms with E-state index in [0.29, 0.717) is 12.6 Å². The number of carbonyl (C=O) groups excluding carboxylic acids is 1. The van der Waals surface area contributed by atoms with Gasteiger partial charge in [-0.25, -0.2) is 0 Å². The van der Waals surface area contributed by atoms with E-state index in [4.69, 9.17) is 0 Å². The third kappa shape index (κ3) is 7.10. The van der Waals surface area contributed by atoms with Crippen molar-refractivity contribution in [1.82, 2.24) is 10.6 Å². The maximum atomic E-state index is 10.8. The molecule has 0 aliphatic carbocycles. The molecule has 2 N–H and O–H groups in total. The molecule has 0 atom stereocenters. The summed E-state index contributed by atoms with van der Waals surface area (Å²) in [5, 5.41) is 5.84. The first kappa shape index (κ1) is 11.0. The molecular weight excluding hydrogens is 152 g/mol. The molecule has 0 bridgehead atoms. The van der Waals surface area contributed by atoms with Crippen molar-refractivity contribution in [3.05, 3.63) is 0 Å². The molecule has 3 nitrogen and oxygen atoms in total. The highest BCUT2D eigenvalue weighted by atomic mass is 16.1. The molecule has 0 spiro atoms. The fourth-order valence-electron chi connectivity index (χ4n) is 0.695. The second kappa shape index (κ2) is 6.68. The van der Waals surface area contributed by atoms with Crippen molar-refractivity contribution >= 4 is 5.91 Å². The van der Waals surface area contributed by atoms with Gasteiger partial charge < -0.3 is 10.6 Å². The van der Waals surface area contributed by atoms with Gasteiger partial charge in [0.05, 0.1) is 0 Å². The highest BCUT2D eigenvalue weighted by molar-refractivity contribution is 5.93. The monoisotopic (exact) mass is 168 g/mol. The molecule has 0 aliphatic heterocycles. The average Bonchev–Trinajstić information content (AvgIpc) is 1.98. The van der Waals surface area contributed by atoms with Crippen molar-refractivity contribution in [3.63, 3.8) is 0 Å². The zero-order valence-electron chi connectivity index (χ0n) is 7.90. The summed E-state index contributed by atoms with van der Waals surface area (Å²) in [7, 11) is 0. The van der Waals surface area contributed by atoms with Crippen LogP contribution in [0.2, 0.25) is 0 Å². The van der Waals surface area contributed by atoms with Crippen LogP contribution in [0.5, 0.6) is 0 Å². The van der Waals surface area contributed by atoms with Crippen molar-refractivity contribution in [1.29, 1.82) is 0 Å². The maximum absolute atomic E-state index is 10.8. The molecule has 0 aliphatic rings. The van der Waals surface area contributed by atoms with E-state index in [1.807, 2.05) is 0 Å². The van der Waals surface area contributed by atoms with Gasteiger partial charge in [0.25, 0.3) is 5.91 Å². The van der Waals surface area contributed by atoms with E-state index >= 15 is 0 Å². The number of amides is 1. The molecular formula is C9H16N2O. The lowest BCUT2D eigenvalue weighted by Crippen LogP contribution is -2.34. The van der Waals surface area contributed by atoms with E-state index in [1.165, 1.54) is 0 Å². The fourth-order valence-corrected chi connectivity index (χ4v) is 0.695. The Balaban J connectivity index is 3.30. The molecule has 0 aromatic rings. The van der Waals surface area contributed by atoms with Gasteiger partial charge in [-0.2, -0.15) is 0 Å². The van der Waals surface area contributed by atoms with E-state index < -0.39 is 0 Å². The minimum absolute atomic E-state index is 0.206. The summed E-state index contributed by atoms with van der Waals surface area (Å²) in [6, 6.07) is 0.458. The van der Waals surface area contributed by atoms with E-state index in [2.05, 4.69) is 36.3 Å². The van der Waals surface area contributed by atoms with Crippen molar-refractivity contribution in [3.8, 4) is 11.8 Å². The smallest absolute Gasteiger partial charge is 0.295 e. The first-order chi connectivity index (χ1) is 5.66. The predicted octanol–water partition coefficient (Wildman–Crippen LogP) is 0.124. The first-order valence-electron chi connectivity index (χ1n) is 4.10. The highest BCUT2D eigenvalue weighted by Crippen LogP contribution is 1.72. The summed E-state index contributed by atoms with van der Waals surface area (Å²) in [6.45, 7) is 7.19. The molecule has 3 heteroatoms. The predicted molar refractivity (Wildman–Crippen MR) is 49.6 cm³/mol. The Bertz CT molecular complexity index is 188. The number of rotatable bonds is 4. The zero-order chi connectivity index (χ0) is 9.40. The number of nitrogens with one attached hydrogen (secondary N) is 2. The molecule has 1 amide bonds. The maximum Gasteiger partial charge on any atom is 0.295 e. The van der Waals surface area contributed by atoms with Gasteiger partial charge in [0.1, 0.15) is 0 Å². The summed E-state index contributed by atoms with van der Waals surface area (Å²) in [5.74, 6) is 4.74. The van der Waals surface area contributed by atoms with Gasteiger partial charge in [-0.05, 0) is 12.8 Å². The summed E-state index contributed by atoms with van der Waals surface area (Å²) >= 11 is 0. The third-order valence-corrected chi connectivity index (χ3v) is 1.20. The Morgan fingerprint density at radius 2 is 2.08 bits per heavy atom. The zero-order valence-corrected chi connectivity index (χ0v) is 7.90. The van der Waals surface area contributed by atoms with E-state index in [1.54, 1.807) is 6.92 Å². The van der Waals surface area contributed by atoms with E-state index in [-0.39, 0.29) is 5.91 Å². The lowest BCUT2D eigenvalue weighted by Gasteiger charge is -2.06. The van der Waals surface area contributed by atoms with Gasteiger partial charge in [0, 0.05) is 19.1 Å². The Kier molecular flexibility index (Phi) is 6.12. The minimum Gasteiger partial charge on any atom is -0.344 e. The molecule has 0 fully saturated rings. The van der Waals surface area contributed by atoms with Crippen molar-refractivity contribution in [2.75, 3.05) is 13.1 Å². The number of hydrogen-bond acceptors (Lipinski definition) is 2. The second-order valence-corrected chi connectivity index (χ2v) is 2.74. The second-order valence-electron chi connectivity index (χ2n) is 2.74. The highest BCUT2D eigenvalue weighted by Gasteiger charge is 1.94. The van der Waals surface area contributed by atoms with Crippen LogP contribution in [0.1, 0.15) is 20.8 Å². The quantitative estimate of drug-likeness (QED) is 0.462. The number of hydrogen-bond donors (Lipinski definition) is 2. The molecule has 0 rings (SSSR count). The standard InChI is InChI=1S/C9H16N2O/c1-4-5-9(12)11-7-6-10-8(2)3/h8,10H,6-7H2,1-3H3,(H,11,12). The average molecular weight is 168 g/mol. The third-order valence-electron chi connectivity index (χ3n) is 1.20. The van der Waals surface area contributed by atoms with Gasteiger partial charge >= 0.3 is 0 Å². The molecule has 0 radical (unpaired) electrons. The lowest BCUT2D eigenvalue weighted by molar-refractivity contribution is -0.115. The van der Waals surface area contributed by atoms with Crippen molar-refractivity contribution in [2.45, 2.75) is 26.8 Å². The van der Waals surface area contributed by atoms with Crippen LogP contribution in [-0.4, -0.2) is 25.0 Å². The Morgan fingerprint density at radius 1 is 1.42 bits per heavy atom. The summed E-state index contributed by atoms with van der Waals surface area (Å²) in [5.41, 5.74) is 0. The van der Waals surface area contributed by atoms with Gasteiger partial charge in [-0.15, -0.1) is 0 Å². The van der Waals surface area contributed by atoms with E-state index in [9.17, 15) is 4.79 Å². The topological polar surface area (TPSA) is 41.1 Å². The van der Waals surface area contributed by atoms with Crippen LogP contribution in [0.4, 0.5) is 0 Å². The van der Waals surface area contributed by atoms with Crippen LogP contribution in [0.15, 0.2) is 0 Å². The number of carbonyl (C=O) groups is 1. The van der Waals surface area contributed by atoms with Crippen molar-refractivity contribution in [2.24, 2.45) is 0 Å². The Labute approximate surface area is 73.9 Å². The van der Waals surface area contributed by atoms with Crippen LogP contribution in [0.3, 0.4) is 0 Å². The molecule has 0 aromatic carbocycles. The minimum atomic E-state index is -0.206. The molecule has 68 valence electrons. The molecule has 0 heterocycles. The first-order valence-corrected chi connectivity index (χ1v) is 4.10. The molecule has 0 unspecified atom stereocenters. The van der Waals surface area contributed by atoms with Crippen LogP contribution in [0, 0.1) is 11.8 Å². The molecule has 0 saturated heterocycles. The largest absolute Gasteiger partial charge is 0.344 e. The fraction of sp³-hybridized carbons (Fsp3) is 0.667. The lowest BCUT2D eigenvalue weighted by atomic mass is 10.4. The summed E-state index contributed by atoms with van der Waals surface area (Å²) in [6.07, 6.45) is 0. The van der Waals surface area contributed by atoms with Crippen LogP contribution < -0.4 is 10.6 Å². The summed E-state index contributed by atoms with van der Waals surface area (Å²) < 4.78 is 0. The summed E-state index contributed by atoms with van der Waals surface area (Å²) in [4.78, 5) is 10.8. The molecule has 0 saturated carbocycles. The van der Waals surface area contributed by atoms with E-state index in [0.717, 1.165) is 6.54 Å². The van der Waals surface area contributed by atoms with Gasteiger partial charge in [0.15, 0.2) is 0 Å². The van der Waals surface area contributed by atoms with Crippen LogP contribution in [-0.2, 0) is 4.79 Å². The molecule has 0 aromatic heterocycles. The van der Waals surface area contributed by atoms with Crippen molar-refractivity contribution < 1.29 is 4.79 Å². The SMILES string of the molecule is CC#CC(=O)NCCNC(C)C. The molecule has 12 heavy (non-hydrogen) atoms. The normalized spacial score (nSPS) is 9.00. The van der Waals surface area contributed by atoms with Crippen LogP contribution >= 0.6 is 0 Å². The Morgan fingerprint density at radius 3 is 2.58 bits per heavy atom. The van der Waals surface area contributed by atoms with Gasteiger partial charge in [0.2, 0.25) is 0 Å². The van der Waals surface area contributed by atoms with Gasteiger partial charge in [-0.1, -0.05) is 19.8 Å². The van der Waals surface area contributed by atoms with Gasteiger partial charge in [-0.3, -0.25) is 4.79 Å².